The van der Waals surface area contributed by atoms with Crippen LogP contribution in [-0.4, -0.2) is 21.1 Å². The van der Waals surface area contributed by atoms with Crippen LogP contribution in [0.25, 0.3) is 10.9 Å². The molecule has 0 fully saturated rings. The Labute approximate surface area is 178 Å². The number of nitrogens with one attached hydrogen (secondary N) is 2. The highest BCUT2D eigenvalue weighted by Gasteiger charge is 2.31. The number of rotatable bonds is 4. The molecule has 2 aromatic carbocycles. The largest absolute Gasteiger partial charge is 0.859 e. The average Bonchev–Trinajstić information content (AvgIpc) is 3.14. The highest BCUT2D eigenvalue weighted by Crippen LogP contribution is 2.31. The van der Waals surface area contributed by atoms with Crippen molar-refractivity contribution in [3.05, 3.63) is 92.1 Å². The fourth-order valence-corrected chi connectivity index (χ4v) is 4.73. The van der Waals surface area contributed by atoms with Gasteiger partial charge in [-0.05, 0) is 41.7 Å². The summed E-state index contributed by atoms with van der Waals surface area (Å²) in [6.45, 7) is 1.25. The average molecular weight is 419 g/mol. The van der Waals surface area contributed by atoms with E-state index >= 15 is 0 Å². The number of benzene rings is 2. The maximum absolute atomic E-state index is 13.4. The molecule has 5 rings (SSSR count). The van der Waals surface area contributed by atoms with Gasteiger partial charge in [0.2, 0.25) is 0 Å². The van der Waals surface area contributed by atoms with Crippen LogP contribution in [0.1, 0.15) is 28.4 Å². The van der Waals surface area contributed by atoms with Crippen molar-refractivity contribution in [1.29, 1.82) is 0 Å². The number of hydrogen-bond donors (Lipinski definition) is 3. The third-order valence-corrected chi connectivity index (χ3v) is 6.24. The molecular weight excluding hydrogens is 396 g/mol. The second-order valence-corrected chi connectivity index (χ2v) is 8.07. The van der Waals surface area contributed by atoms with Crippen molar-refractivity contribution in [2.45, 2.75) is 25.4 Å². The summed E-state index contributed by atoms with van der Waals surface area (Å²) in [6, 6.07) is 17.7. The second-order valence-electron chi connectivity index (χ2n) is 7.68. The molecule has 0 aliphatic carbocycles. The second kappa shape index (κ2) is 7.59. The van der Waals surface area contributed by atoms with Crippen LogP contribution in [-0.2, 0) is 19.4 Å². The molecule has 4 N–H and O–H groups in total. The van der Waals surface area contributed by atoms with Crippen LogP contribution in [0, 0.1) is 4.77 Å². The Morgan fingerprint density at radius 1 is 1.10 bits per heavy atom. The fraction of sp³-hybridized carbons (Fsp3) is 0.217. The van der Waals surface area contributed by atoms with Crippen molar-refractivity contribution in [2.24, 2.45) is 0 Å². The molecule has 3 heterocycles. The van der Waals surface area contributed by atoms with Crippen LogP contribution >= 0.6 is 12.2 Å². The predicted octanol–water partition coefficient (Wildman–Crippen LogP) is 1.91. The summed E-state index contributed by atoms with van der Waals surface area (Å²) in [7, 11) is 0. The SMILES string of the molecule is O=c1[nH]c(=S)n(CCc2ccccc2)c([O-])c1[C@H]1[NH2+]CCc2c1[nH]c1ccccc21. The highest BCUT2D eigenvalue weighted by molar-refractivity contribution is 7.71. The summed E-state index contributed by atoms with van der Waals surface area (Å²) in [4.78, 5) is 19.0. The first-order valence-electron chi connectivity index (χ1n) is 10.1. The summed E-state index contributed by atoms with van der Waals surface area (Å²) in [5, 5.41) is 16.6. The smallest absolute Gasteiger partial charge is 0.260 e. The number of nitrogens with two attached hydrogens (primary N) is 1. The van der Waals surface area contributed by atoms with E-state index in [1.807, 2.05) is 48.5 Å². The number of aryl methyl sites for hydroxylation is 1. The van der Waals surface area contributed by atoms with Gasteiger partial charge in [-0.25, -0.2) is 0 Å². The number of hydrogen-bond acceptors (Lipinski definition) is 3. The van der Waals surface area contributed by atoms with Gasteiger partial charge >= 0.3 is 0 Å². The maximum Gasteiger partial charge on any atom is 0.260 e. The van der Waals surface area contributed by atoms with Crippen LogP contribution in [0.2, 0.25) is 0 Å². The molecule has 30 heavy (non-hydrogen) atoms. The molecule has 4 aromatic rings. The van der Waals surface area contributed by atoms with Gasteiger partial charge in [-0.1, -0.05) is 48.5 Å². The zero-order valence-electron chi connectivity index (χ0n) is 16.4. The molecule has 6 nitrogen and oxygen atoms in total. The molecule has 1 aliphatic rings. The molecule has 0 radical (unpaired) electrons. The molecule has 7 heteroatoms. The van der Waals surface area contributed by atoms with Gasteiger partial charge in [0, 0.05) is 23.9 Å². The van der Waals surface area contributed by atoms with Gasteiger partial charge in [0.1, 0.15) is 0 Å². The number of nitrogens with zero attached hydrogens (tertiary/aromatic N) is 1. The monoisotopic (exact) mass is 418 g/mol. The van der Waals surface area contributed by atoms with E-state index in [-0.39, 0.29) is 22.3 Å². The highest BCUT2D eigenvalue weighted by atomic mass is 32.1. The minimum atomic E-state index is -0.395. The van der Waals surface area contributed by atoms with E-state index in [1.165, 1.54) is 10.1 Å². The molecule has 0 amide bonds. The van der Waals surface area contributed by atoms with Crippen LogP contribution in [0.5, 0.6) is 5.88 Å². The summed E-state index contributed by atoms with van der Waals surface area (Å²) in [5.74, 6) is -0.299. The Morgan fingerprint density at radius 3 is 2.70 bits per heavy atom. The molecule has 1 aliphatic heterocycles. The summed E-state index contributed by atoms with van der Waals surface area (Å²) in [5.41, 5.74) is 4.13. The molecule has 0 saturated carbocycles. The van der Waals surface area contributed by atoms with Gasteiger partial charge in [0.25, 0.3) is 5.56 Å². The van der Waals surface area contributed by atoms with Crippen LogP contribution in [0.4, 0.5) is 0 Å². The molecule has 0 spiro atoms. The van der Waals surface area contributed by atoms with E-state index in [0.29, 0.717) is 13.0 Å². The van der Waals surface area contributed by atoms with Gasteiger partial charge in [-0.3, -0.25) is 9.78 Å². The van der Waals surface area contributed by atoms with Gasteiger partial charge in [-0.2, -0.15) is 0 Å². The first kappa shape index (κ1) is 18.8. The molecule has 152 valence electrons. The Kier molecular flexibility index (Phi) is 4.77. The predicted molar refractivity (Wildman–Crippen MR) is 116 cm³/mol. The van der Waals surface area contributed by atoms with Crippen LogP contribution < -0.4 is 16.0 Å². The lowest BCUT2D eigenvalue weighted by atomic mass is 9.95. The summed E-state index contributed by atoms with van der Waals surface area (Å²) in [6.07, 6.45) is 1.57. The Balaban J connectivity index is 1.59. The van der Waals surface area contributed by atoms with Gasteiger partial charge in [-0.15, -0.1) is 0 Å². The van der Waals surface area contributed by atoms with Gasteiger partial charge in [0.15, 0.2) is 10.8 Å². The summed E-state index contributed by atoms with van der Waals surface area (Å²) < 4.78 is 1.70. The molecule has 1 atom stereocenters. The van der Waals surface area contributed by atoms with Gasteiger partial charge in [0.05, 0.1) is 17.8 Å². The number of aromatic amines is 2. The zero-order valence-corrected chi connectivity index (χ0v) is 17.2. The van der Waals surface area contributed by atoms with Gasteiger partial charge < -0.3 is 20.0 Å². The number of para-hydroxylation sites is 1. The Bertz CT molecular complexity index is 1340. The van der Waals surface area contributed by atoms with E-state index < -0.39 is 5.56 Å². The van der Waals surface area contributed by atoms with E-state index in [1.54, 1.807) is 0 Å². The Morgan fingerprint density at radius 2 is 1.87 bits per heavy atom. The normalized spacial score (nSPS) is 15.9. The van der Waals surface area contributed by atoms with E-state index in [4.69, 9.17) is 12.2 Å². The summed E-state index contributed by atoms with van der Waals surface area (Å²) >= 11 is 5.32. The lowest BCUT2D eigenvalue weighted by Gasteiger charge is -2.27. The lowest BCUT2D eigenvalue weighted by molar-refractivity contribution is -0.691. The quantitative estimate of drug-likeness (QED) is 0.442. The van der Waals surface area contributed by atoms with E-state index in [9.17, 15) is 9.90 Å². The molecule has 2 aromatic heterocycles. The fourth-order valence-electron chi connectivity index (χ4n) is 4.46. The molecule has 0 bridgehead atoms. The van der Waals surface area contributed by atoms with Crippen molar-refractivity contribution in [3.8, 4) is 5.88 Å². The van der Waals surface area contributed by atoms with Crippen molar-refractivity contribution >= 4 is 23.1 Å². The van der Waals surface area contributed by atoms with E-state index in [2.05, 4.69) is 21.4 Å². The van der Waals surface area contributed by atoms with Crippen molar-refractivity contribution in [3.63, 3.8) is 0 Å². The number of H-pyrrole nitrogens is 2. The number of quaternary nitrogens is 1. The van der Waals surface area contributed by atoms with Crippen LogP contribution in [0.15, 0.2) is 59.4 Å². The minimum Gasteiger partial charge on any atom is -0.859 e. The number of fused-ring (bicyclic) bond motifs is 3. The minimum absolute atomic E-state index is 0.178. The Hall–Kier alpha value is -3.16. The molecule has 0 unspecified atom stereocenters. The maximum atomic E-state index is 13.4. The van der Waals surface area contributed by atoms with Crippen molar-refractivity contribution in [1.82, 2.24) is 14.5 Å². The topological polar surface area (TPSA) is 93.2 Å². The first-order valence-corrected chi connectivity index (χ1v) is 10.5. The first-order chi connectivity index (χ1) is 14.6. The van der Waals surface area contributed by atoms with Crippen molar-refractivity contribution < 1.29 is 10.4 Å². The molecular formula is C23H22N4O2S. The lowest BCUT2D eigenvalue weighted by Crippen LogP contribution is -2.88. The van der Waals surface area contributed by atoms with Crippen molar-refractivity contribution in [2.75, 3.05) is 6.54 Å². The third kappa shape index (κ3) is 3.16. The zero-order chi connectivity index (χ0) is 20.7. The third-order valence-electron chi connectivity index (χ3n) is 5.92. The van der Waals surface area contributed by atoms with E-state index in [0.717, 1.165) is 35.1 Å². The number of aromatic nitrogens is 3. The standard InChI is InChI=1S/C23H22N4O2S/c28-21-18(20-19-16(10-12-24-20)15-8-4-5-9-17(15)25-19)22(29)27(23(30)26-21)13-11-14-6-2-1-3-7-14/h1-9,20,24-25,29H,10-13H2,(H,26,28,30)/t20-/m1/s1. The van der Waals surface area contributed by atoms with Crippen LogP contribution in [0.3, 0.4) is 0 Å². The molecule has 0 saturated heterocycles.